The first-order valence-corrected chi connectivity index (χ1v) is 7.90. The number of benzene rings is 2. The van der Waals surface area contributed by atoms with E-state index in [4.69, 9.17) is 0 Å². The molecule has 0 saturated carbocycles. The molecule has 0 radical (unpaired) electrons. The van der Waals surface area contributed by atoms with Crippen LogP contribution in [0.4, 0.5) is 4.39 Å². The van der Waals surface area contributed by atoms with E-state index in [0.717, 1.165) is 14.6 Å². The SMILES string of the molecule is CNC(c1ccc(Br)cc1)c1cc2ccc(F)cc2s1. The van der Waals surface area contributed by atoms with Gasteiger partial charge in [0.15, 0.2) is 0 Å². The molecule has 1 atom stereocenters. The highest BCUT2D eigenvalue weighted by Gasteiger charge is 2.15. The quantitative estimate of drug-likeness (QED) is 0.692. The van der Waals surface area contributed by atoms with Crippen LogP contribution < -0.4 is 5.32 Å². The van der Waals surface area contributed by atoms with Gasteiger partial charge >= 0.3 is 0 Å². The zero-order valence-corrected chi connectivity index (χ0v) is 13.3. The summed E-state index contributed by atoms with van der Waals surface area (Å²) in [7, 11) is 1.94. The van der Waals surface area contributed by atoms with E-state index < -0.39 is 0 Å². The summed E-state index contributed by atoms with van der Waals surface area (Å²) in [4.78, 5) is 1.19. The van der Waals surface area contributed by atoms with Crippen LogP contribution in [0.1, 0.15) is 16.5 Å². The molecule has 0 bridgehead atoms. The van der Waals surface area contributed by atoms with Crippen LogP contribution in [0.25, 0.3) is 10.1 Å². The largest absolute Gasteiger partial charge is 0.309 e. The van der Waals surface area contributed by atoms with Crippen molar-refractivity contribution in [1.29, 1.82) is 0 Å². The van der Waals surface area contributed by atoms with Crippen molar-refractivity contribution in [2.45, 2.75) is 6.04 Å². The van der Waals surface area contributed by atoms with E-state index >= 15 is 0 Å². The van der Waals surface area contributed by atoms with Crippen LogP contribution in [-0.4, -0.2) is 7.05 Å². The topological polar surface area (TPSA) is 12.0 Å². The molecule has 0 spiro atoms. The van der Waals surface area contributed by atoms with Crippen LogP contribution in [0, 0.1) is 5.82 Å². The maximum absolute atomic E-state index is 13.3. The molecule has 102 valence electrons. The maximum Gasteiger partial charge on any atom is 0.124 e. The molecule has 2 aromatic carbocycles. The van der Waals surface area contributed by atoms with Crippen LogP contribution in [-0.2, 0) is 0 Å². The molecular weight excluding hydrogens is 337 g/mol. The van der Waals surface area contributed by atoms with Gasteiger partial charge in [-0.2, -0.15) is 0 Å². The average molecular weight is 350 g/mol. The van der Waals surface area contributed by atoms with Crippen molar-refractivity contribution in [1.82, 2.24) is 5.32 Å². The average Bonchev–Trinajstić information content (AvgIpc) is 2.84. The fourth-order valence-corrected chi connectivity index (χ4v) is 3.79. The lowest BCUT2D eigenvalue weighted by atomic mass is 10.1. The van der Waals surface area contributed by atoms with E-state index in [-0.39, 0.29) is 11.9 Å². The van der Waals surface area contributed by atoms with Gasteiger partial charge in [0.05, 0.1) is 6.04 Å². The second kappa shape index (κ2) is 5.64. The lowest BCUT2D eigenvalue weighted by Crippen LogP contribution is -2.16. The fraction of sp³-hybridized carbons (Fsp3) is 0.125. The molecule has 1 heterocycles. The monoisotopic (exact) mass is 349 g/mol. The molecule has 3 aromatic rings. The Balaban J connectivity index is 2.04. The van der Waals surface area contributed by atoms with Gasteiger partial charge in [-0.25, -0.2) is 4.39 Å². The number of thiophene rings is 1. The van der Waals surface area contributed by atoms with E-state index in [2.05, 4.69) is 39.4 Å². The molecule has 0 fully saturated rings. The lowest BCUT2D eigenvalue weighted by molar-refractivity contribution is 0.630. The van der Waals surface area contributed by atoms with Crippen molar-refractivity contribution in [2.75, 3.05) is 7.05 Å². The summed E-state index contributed by atoms with van der Waals surface area (Å²) in [5.41, 5.74) is 1.20. The normalized spacial score (nSPS) is 12.8. The van der Waals surface area contributed by atoms with Crippen molar-refractivity contribution < 1.29 is 4.39 Å². The van der Waals surface area contributed by atoms with Gasteiger partial charge in [-0.3, -0.25) is 0 Å². The number of nitrogens with one attached hydrogen (secondary N) is 1. The molecule has 1 unspecified atom stereocenters. The molecule has 4 heteroatoms. The van der Waals surface area contributed by atoms with Crippen LogP contribution in [0.3, 0.4) is 0 Å². The Bertz CT molecular complexity index is 736. The van der Waals surface area contributed by atoms with Crippen molar-refractivity contribution in [2.24, 2.45) is 0 Å². The summed E-state index contributed by atoms with van der Waals surface area (Å²) in [5, 5.41) is 4.42. The molecule has 0 aliphatic rings. The molecule has 0 aliphatic heterocycles. The van der Waals surface area contributed by atoms with Crippen LogP contribution >= 0.6 is 27.3 Å². The Morgan fingerprint density at radius 2 is 1.85 bits per heavy atom. The molecule has 0 aliphatic carbocycles. The van der Waals surface area contributed by atoms with Crippen LogP contribution in [0.2, 0.25) is 0 Å². The van der Waals surface area contributed by atoms with Gasteiger partial charge in [-0.05, 0) is 48.3 Å². The minimum absolute atomic E-state index is 0.128. The Morgan fingerprint density at radius 1 is 1.10 bits per heavy atom. The van der Waals surface area contributed by atoms with Crippen LogP contribution in [0.5, 0.6) is 0 Å². The highest BCUT2D eigenvalue weighted by atomic mass is 79.9. The van der Waals surface area contributed by atoms with E-state index in [0.29, 0.717) is 0 Å². The fourth-order valence-electron chi connectivity index (χ4n) is 2.30. The highest BCUT2D eigenvalue weighted by molar-refractivity contribution is 9.10. The Labute approximate surface area is 129 Å². The molecule has 1 aromatic heterocycles. The van der Waals surface area contributed by atoms with Gasteiger partial charge in [-0.15, -0.1) is 11.3 Å². The minimum atomic E-state index is -0.185. The second-order valence-corrected chi connectivity index (χ2v) is 6.64. The Kier molecular flexibility index (Phi) is 3.87. The van der Waals surface area contributed by atoms with Crippen molar-refractivity contribution in [3.05, 3.63) is 69.3 Å². The lowest BCUT2D eigenvalue weighted by Gasteiger charge is -2.14. The first kappa shape index (κ1) is 13.7. The minimum Gasteiger partial charge on any atom is -0.309 e. The number of hydrogen-bond acceptors (Lipinski definition) is 2. The van der Waals surface area contributed by atoms with Crippen LogP contribution in [0.15, 0.2) is 53.0 Å². The van der Waals surface area contributed by atoms with Crippen molar-refractivity contribution in [3.8, 4) is 0 Å². The Morgan fingerprint density at radius 3 is 2.55 bits per heavy atom. The van der Waals surface area contributed by atoms with Crippen molar-refractivity contribution in [3.63, 3.8) is 0 Å². The summed E-state index contributed by atoms with van der Waals surface area (Å²) in [6.07, 6.45) is 0. The van der Waals surface area contributed by atoms with Gasteiger partial charge in [-0.1, -0.05) is 34.1 Å². The second-order valence-electron chi connectivity index (χ2n) is 4.60. The van der Waals surface area contributed by atoms with E-state index in [1.807, 2.05) is 25.2 Å². The third kappa shape index (κ3) is 2.64. The van der Waals surface area contributed by atoms with Gasteiger partial charge in [0.25, 0.3) is 0 Å². The summed E-state index contributed by atoms with van der Waals surface area (Å²) in [6.45, 7) is 0. The summed E-state index contributed by atoms with van der Waals surface area (Å²) >= 11 is 5.08. The third-order valence-corrected chi connectivity index (χ3v) is 4.97. The van der Waals surface area contributed by atoms with Gasteiger partial charge in [0.2, 0.25) is 0 Å². The van der Waals surface area contributed by atoms with Gasteiger partial charge < -0.3 is 5.32 Å². The highest BCUT2D eigenvalue weighted by Crippen LogP contribution is 2.33. The first-order valence-electron chi connectivity index (χ1n) is 6.29. The molecule has 0 amide bonds. The summed E-state index contributed by atoms with van der Waals surface area (Å²) < 4.78 is 15.3. The number of hydrogen-bond donors (Lipinski definition) is 1. The van der Waals surface area contributed by atoms with Gasteiger partial charge in [0, 0.05) is 14.0 Å². The van der Waals surface area contributed by atoms with Gasteiger partial charge in [0.1, 0.15) is 5.82 Å². The number of fused-ring (bicyclic) bond motifs is 1. The summed E-state index contributed by atoms with van der Waals surface area (Å²) in [5.74, 6) is -0.185. The first-order chi connectivity index (χ1) is 9.67. The molecule has 1 N–H and O–H groups in total. The molecule has 20 heavy (non-hydrogen) atoms. The predicted octanol–water partition coefficient (Wildman–Crippen LogP) is 5.11. The van der Waals surface area contributed by atoms with E-state index in [9.17, 15) is 4.39 Å². The van der Waals surface area contributed by atoms with E-state index in [1.54, 1.807) is 17.4 Å². The maximum atomic E-state index is 13.3. The molecular formula is C16H13BrFNS. The molecule has 1 nitrogen and oxygen atoms in total. The van der Waals surface area contributed by atoms with Crippen molar-refractivity contribution >= 4 is 37.4 Å². The third-order valence-electron chi connectivity index (χ3n) is 3.28. The number of rotatable bonds is 3. The molecule has 0 saturated heterocycles. The zero-order valence-electron chi connectivity index (χ0n) is 10.9. The standard InChI is InChI=1S/C16H13BrFNS/c1-19-16(10-2-5-12(17)6-3-10)15-8-11-4-7-13(18)9-14(11)20-15/h2-9,16,19H,1H3. The number of halogens is 2. The Hall–Kier alpha value is -1.23. The summed E-state index contributed by atoms with van der Waals surface area (Å²) in [6, 6.07) is 15.4. The van der Waals surface area contributed by atoms with E-state index in [1.165, 1.54) is 16.5 Å². The molecule has 3 rings (SSSR count). The smallest absolute Gasteiger partial charge is 0.124 e. The zero-order chi connectivity index (χ0) is 14.1. The predicted molar refractivity (Wildman–Crippen MR) is 86.8 cm³/mol.